The highest BCUT2D eigenvalue weighted by molar-refractivity contribution is 5.97. The number of allylic oxidation sites excluding steroid dienone is 2. The smallest absolute Gasteiger partial charge is 0.338 e. The number of aryl methyl sites for hydroxylation is 1. The van der Waals surface area contributed by atoms with Gasteiger partial charge in [0, 0.05) is 42.7 Å². The van der Waals surface area contributed by atoms with E-state index in [0.717, 1.165) is 34.4 Å². The number of ketones is 2. The van der Waals surface area contributed by atoms with Gasteiger partial charge in [0.15, 0.2) is 5.78 Å². The van der Waals surface area contributed by atoms with Gasteiger partial charge in [-0.1, -0.05) is 42.0 Å². The van der Waals surface area contributed by atoms with Crippen molar-refractivity contribution in [3.05, 3.63) is 95.2 Å². The lowest BCUT2D eigenvalue weighted by atomic mass is 9.87. The van der Waals surface area contributed by atoms with Crippen LogP contribution >= 0.6 is 0 Å². The van der Waals surface area contributed by atoms with Gasteiger partial charge in [-0.25, -0.2) is 4.79 Å². The molecule has 0 saturated heterocycles. The van der Waals surface area contributed by atoms with Gasteiger partial charge in [0.2, 0.25) is 0 Å². The summed E-state index contributed by atoms with van der Waals surface area (Å²) in [6.07, 6.45) is 6.54. The highest BCUT2D eigenvalue weighted by atomic mass is 16.5. The first kappa shape index (κ1) is 27.0. The van der Waals surface area contributed by atoms with Gasteiger partial charge in [0.1, 0.15) is 5.78 Å². The maximum Gasteiger partial charge on any atom is 0.338 e. The van der Waals surface area contributed by atoms with Crippen molar-refractivity contribution in [2.75, 3.05) is 0 Å². The second-order valence-corrected chi connectivity index (χ2v) is 9.56. The number of benzene rings is 2. The van der Waals surface area contributed by atoms with E-state index in [0.29, 0.717) is 31.2 Å². The fourth-order valence-electron chi connectivity index (χ4n) is 4.39. The molecular weight excluding hydrogens is 450 g/mol. The van der Waals surface area contributed by atoms with Crippen LogP contribution in [0.15, 0.2) is 78.0 Å². The number of aliphatic imine (C=N–C) groups is 1. The predicted molar refractivity (Wildman–Crippen MR) is 144 cm³/mol. The Bertz CT molecular complexity index is 1190. The zero-order valence-electron chi connectivity index (χ0n) is 21.5. The van der Waals surface area contributed by atoms with E-state index in [1.165, 1.54) is 0 Å². The van der Waals surface area contributed by atoms with Crippen LogP contribution in [0.2, 0.25) is 0 Å². The van der Waals surface area contributed by atoms with Crippen LogP contribution in [0.25, 0.3) is 0 Å². The average molecular weight is 486 g/mol. The number of rotatable bonds is 13. The van der Waals surface area contributed by atoms with E-state index >= 15 is 0 Å². The maximum absolute atomic E-state index is 12.7. The van der Waals surface area contributed by atoms with Gasteiger partial charge in [-0.2, -0.15) is 0 Å². The highest BCUT2D eigenvalue weighted by Crippen LogP contribution is 2.30. The second kappa shape index (κ2) is 12.9. The normalized spacial score (nSPS) is 14.8. The summed E-state index contributed by atoms with van der Waals surface area (Å²) in [5.41, 5.74) is 5.15. The number of hydrogen-bond acceptors (Lipinski definition) is 5. The molecule has 0 spiro atoms. The molecular formula is C31H35NO4. The number of carbonyl (C=O) groups excluding carboxylic acids is 3. The van der Waals surface area contributed by atoms with Crippen LogP contribution in [0.4, 0.5) is 0 Å². The first-order valence-corrected chi connectivity index (χ1v) is 12.5. The summed E-state index contributed by atoms with van der Waals surface area (Å²) in [4.78, 5) is 42.1. The Morgan fingerprint density at radius 1 is 1.03 bits per heavy atom. The van der Waals surface area contributed by atoms with Gasteiger partial charge in [0.25, 0.3) is 0 Å². The Balaban J connectivity index is 1.52. The molecule has 1 atom stereocenters. The van der Waals surface area contributed by atoms with E-state index in [1.807, 2.05) is 49.5 Å². The molecule has 0 aromatic heterocycles. The first-order chi connectivity index (χ1) is 17.3. The number of hydrogen-bond donors (Lipinski definition) is 0. The molecule has 0 N–H and O–H groups in total. The van der Waals surface area contributed by atoms with Crippen LogP contribution in [0, 0.1) is 12.8 Å². The van der Waals surface area contributed by atoms with E-state index in [4.69, 9.17) is 4.74 Å². The van der Waals surface area contributed by atoms with Crippen molar-refractivity contribution in [3.63, 3.8) is 0 Å². The molecule has 36 heavy (non-hydrogen) atoms. The molecule has 0 amide bonds. The molecule has 0 bridgehead atoms. The fraction of sp³-hybridized carbons (Fsp3) is 0.355. The van der Waals surface area contributed by atoms with Crippen molar-refractivity contribution in [3.8, 4) is 0 Å². The summed E-state index contributed by atoms with van der Waals surface area (Å²) in [6, 6.07) is 14.7. The van der Waals surface area contributed by atoms with Crippen LogP contribution in [0.3, 0.4) is 0 Å². The molecule has 1 aliphatic rings. The van der Waals surface area contributed by atoms with Crippen molar-refractivity contribution in [1.82, 2.24) is 0 Å². The van der Waals surface area contributed by atoms with Crippen molar-refractivity contribution in [1.29, 1.82) is 0 Å². The third-order valence-electron chi connectivity index (χ3n) is 6.20. The molecule has 1 aliphatic heterocycles. The van der Waals surface area contributed by atoms with Gasteiger partial charge in [-0.15, -0.1) is 6.58 Å². The van der Waals surface area contributed by atoms with Gasteiger partial charge in [-0.3, -0.25) is 14.6 Å². The Morgan fingerprint density at radius 2 is 1.78 bits per heavy atom. The Kier molecular flexibility index (Phi) is 9.69. The van der Waals surface area contributed by atoms with Crippen LogP contribution in [0.1, 0.15) is 77.8 Å². The van der Waals surface area contributed by atoms with Gasteiger partial charge in [-0.05, 0) is 69.4 Å². The zero-order chi connectivity index (χ0) is 26.1. The summed E-state index contributed by atoms with van der Waals surface area (Å²) in [5.74, 6) is -0.0753. The van der Waals surface area contributed by atoms with E-state index in [-0.39, 0.29) is 36.0 Å². The summed E-state index contributed by atoms with van der Waals surface area (Å²) in [7, 11) is 0. The van der Waals surface area contributed by atoms with Crippen molar-refractivity contribution in [2.24, 2.45) is 10.9 Å². The Hall–Kier alpha value is -3.60. The maximum atomic E-state index is 12.7. The Morgan fingerprint density at radius 3 is 2.50 bits per heavy atom. The topological polar surface area (TPSA) is 72.8 Å². The lowest BCUT2D eigenvalue weighted by Crippen LogP contribution is -2.16. The summed E-state index contributed by atoms with van der Waals surface area (Å²) in [5, 5.41) is 0. The monoisotopic (exact) mass is 485 g/mol. The van der Waals surface area contributed by atoms with Crippen LogP contribution in [-0.4, -0.2) is 29.4 Å². The first-order valence-electron chi connectivity index (χ1n) is 12.5. The lowest BCUT2D eigenvalue weighted by Gasteiger charge is -2.16. The van der Waals surface area contributed by atoms with Crippen molar-refractivity contribution in [2.45, 2.75) is 65.4 Å². The van der Waals surface area contributed by atoms with E-state index in [9.17, 15) is 14.4 Å². The van der Waals surface area contributed by atoms with Crippen LogP contribution in [-0.2, 0) is 16.0 Å². The lowest BCUT2D eigenvalue weighted by molar-refractivity contribution is -0.118. The molecule has 2 aromatic carbocycles. The molecule has 0 saturated carbocycles. The SMILES string of the molecule is C=CCC1C(CCC(=O)c2cccc(C)c2)=CN=C1CCC(=O)Cc1cccc(C(=O)OC(C)C)c1. The molecule has 1 heterocycles. The summed E-state index contributed by atoms with van der Waals surface area (Å²) >= 11 is 0. The average Bonchev–Trinajstić information content (AvgIpc) is 3.22. The van der Waals surface area contributed by atoms with E-state index < -0.39 is 0 Å². The molecule has 5 nitrogen and oxygen atoms in total. The second-order valence-electron chi connectivity index (χ2n) is 9.56. The quantitative estimate of drug-likeness (QED) is 0.181. The summed E-state index contributed by atoms with van der Waals surface area (Å²) < 4.78 is 5.25. The number of ether oxygens (including phenoxy) is 1. The fourth-order valence-corrected chi connectivity index (χ4v) is 4.39. The minimum atomic E-state index is -0.383. The predicted octanol–water partition coefficient (Wildman–Crippen LogP) is 6.65. The van der Waals surface area contributed by atoms with Crippen LogP contribution in [0.5, 0.6) is 0 Å². The standard InChI is InChI=1S/C31H35NO4/c1-5-8-28-26(13-16-30(34)24-11-6-9-22(4)17-24)20-32-29(28)15-14-27(33)19-23-10-7-12-25(18-23)31(35)36-21(2)3/h5-7,9-12,17-18,20-21,28H,1,8,13-16,19H2,2-4H3. The number of esters is 1. The third-order valence-corrected chi connectivity index (χ3v) is 6.20. The molecule has 0 radical (unpaired) electrons. The third kappa shape index (κ3) is 7.70. The molecule has 3 rings (SSSR count). The van der Waals surface area contributed by atoms with Crippen molar-refractivity contribution < 1.29 is 19.1 Å². The van der Waals surface area contributed by atoms with Gasteiger partial charge in [0.05, 0.1) is 11.7 Å². The number of Topliss-reactive ketones (excluding diaryl/α,β-unsaturated/α-hetero) is 2. The zero-order valence-corrected chi connectivity index (χ0v) is 21.5. The largest absolute Gasteiger partial charge is 0.459 e. The minimum Gasteiger partial charge on any atom is -0.459 e. The number of carbonyl (C=O) groups is 3. The summed E-state index contributed by atoms with van der Waals surface area (Å²) in [6.45, 7) is 9.47. The molecule has 5 heteroatoms. The molecule has 0 aliphatic carbocycles. The van der Waals surface area contributed by atoms with Gasteiger partial charge >= 0.3 is 5.97 Å². The number of nitrogens with zero attached hydrogens (tertiary/aromatic N) is 1. The Labute approximate surface area is 214 Å². The van der Waals surface area contributed by atoms with Gasteiger partial charge < -0.3 is 4.74 Å². The highest BCUT2D eigenvalue weighted by Gasteiger charge is 2.25. The van der Waals surface area contributed by atoms with Crippen LogP contribution < -0.4 is 0 Å². The van der Waals surface area contributed by atoms with Crippen molar-refractivity contribution >= 4 is 23.2 Å². The minimum absolute atomic E-state index is 0.0903. The molecule has 1 unspecified atom stereocenters. The molecule has 2 aromatic rings. The van der Waals surface area contributed by atoms with E-state index in [1.54, 1.807) is 32.0 Å². The molecule has 0 fully saturated rings. The molecule has 188 valence electrons. The van der Waals surface area contributed by atoms with E-state index in [2.05, 4.69) is 11.6 Å².